The third-order valence-electron chi connectivity index (χ3n) is 1.98. The van der Waals surface area contributed by atoms with E-state index in [1.54, 1.807) is 6.07 Å². The SMILES string of the molecule is N#Cc1ccc(Cl)c(NC(=O)c2nnc(N)s2)c1. The lowest BCUT2D eigenvalue weighted by Gasteiger charge is -2.05. The van der Waals surface area contributed by atoms with E-state index in [1.165, 1.54) is 12.1 Å². The summed E-state index contributed by atoms with van der Waals surface area (Å²) >= 11 is 6.87. The monoisotopic (exact) mass is 279 g/mol. The fourth-order valence-corrected chi connectivity index (χ4v) is 1.86. The first-order valence-electron chi connectivity index (χ1n) is 4.70. The molecule has 2 rings (SSSR count). The smallest absolute Gasteiger partial charge is 0.286 e. The highest BCUT2D eigenvalue weighted by Gasteiger charge is 2.13. The Bertz CT molecular complexity index is 648. The Kier molecular flexibility index (Phi) is 3.41. The van der Waals surface area contributed by atoms with Crippen LogP contribution in [0.15, 0.2) is 18.2 Å². The average molecular weight is 280 g/mol. The van der Waals surface area contributed by atoms with E-state index in [1.807, 2.05) is 6.07 Å². The second-order valence-electron chi connectivity index (χ2n) is 3.21. The molecule has 0 spiro atoms. The molecule has 6 nitrogen and oxygen atoms in total. The number of nitrogen functional groups attached to an aromatic ring is 1. The average Bonchev–Trinajstić information content (AvgIpc) is 2.79. The molecule has 0 atom stereocenters. The minimum absolute atomic E-state index is 0.130. The molecular formula is C10H6ClN5OS. The number of nitrogens with zero attached hydrogens (tertiary/aromatic N) is 3. The quantitative estimate of drug-likeness (QED) is 0.873. The summed E-state index contributed by atoms with van der Waals surface area (Å²) < 4.78 is 0. The van der Waals surface area contributed by atoms with Gasteiger partial charge in [-0.3, -0.25) is 4.79 Å². The molecule has 0 fully saturated rings. The number of halogens is 1. The summed E-state index contributed by atoms with van der Waals surface area (Å²) in [6.45, 7) is 0. The summed E-state index contributed by atoms with van der Waals surface area (Å²) in [5, 5.41) is 19.1. The van der Waals surface area contributed by atoms with E-state index >= 15 is 0 Å². The maximum absolute atomic E-state index is 11.8. The fourth-order valence-electron chi connectivity index (χ4n) is 1.19. The molecule has 0 saturated carbocycles. The molecule has 1 amide bonds. The van der Waals surface area contributed by atoms with Crippen LogP contribution in [0.5, 0.6) is 0 Å². The molecule has 0 bridgehead atoms. The van der Waals surface area contributed by atoms with Gasteiger partial charge in [0.2, 0.25) is 10.1 Å². The molecule has 8 heteroatoms. The number of nitrogens with one attached hydrogen (secondary N) is 1. The molecule has 1 aromatic carbocycles. The van der Waals surface area contributed by atoms with Gasteiger partial charge in [-0.15, -0.1) is 10.2 Å². The lowest BCUT2D eigenvalue weighted by atomic mass is 10.2. The lowest BCUT2D eigenvalue weighted by Crippen LogP contribution is -2.12. The van der Waals surface area contributed by atoms with Crippen LogP contribution in [-0.2, 0) is 0 Å². The highest BCUT2D eigenvalue weighted by Crippen LogP contribution is 2.24. The Labute approximate surface area is 111 Å². The highest BCUT2D eigenvalue weighted by atomic mass is 35.5. The first-order chi connectivity index (χ1) is 8.60. The van der Waals surface area contributed by atoms with Gasteiger partial charge in [-0.05, 0) is 18.2 Å². The van der Waals surface area contributed by atoms with E-state index in [0.29, 0.717) is 16.3 Å². The van der Waals surface area contributed by atoms with Crippen molar-refractivity contribution in [2.75, 3.05) is 11.1 Å². The zero-order chi connectivity index (χ0) is 13.1. The number of rotatable bonds is 2. The number of nitriles is 1. The van der Waals surface area contributed by atoms with Crippen LogP contribution < -0.4 is 11.1 Å². The summed E-state index contributed by atoms with van der Waals surface area (Å²) in [4.78, 5) is 11.8. The Hall–Kier alpha value is -2.17. The normalized spacial score (nSPS) is 9.78. The highest BCUT2D eigenvalue weighted by molar-refractivity contribution is 7.17. The van der Waals surface area contributed by atoms with Crippen LogP contribution in [0.4, 0.5) is 10.8 Å². The summed E-state index contributed by atoms with van der Waals surface area (Å²) in [7, 11) is 0. The molecule has 0 radical (unpaired) electrons. The van der Waals surface area contributed by atoms with E-state index in [0.717, 1.165) is 11.3 Å². The van der Waals surface area contributed by atoms with Crippen molar-refractivity contribution in [1.29, 1.82) is 5.26 Å². The van der Waals surface area contributed by atoms with Crippen molar-refractivity contribution in [1.82, 2.24) is 10.2 Å². The van der Waals surface area contributed by atoms with Gasteiger partial charge >= 0.3 is 0 Å². The van der Waals surface area contributed by atoms with Gasteiger partial charge in [-0.1, -0.05) is 22.9 Å². The van der Waals surface area contributed by atoms with Crippen molar-refractivity contribution in [3.63, 3.8) is 0 Å². The second-order valence-corrected chi connectivity index (χ2v) is 4.62. The van der Waals surface area contributed by atoms with Gasteiger partial charge in [0.15, 0.2) is 0 Å². The molecule has 0 saturated heterocycles. The van der Waals surface area contributed by atoms with E-state index in [9.17, 15) is 4.79 Å². The first-order valence-corrected chi connectivity index (χ1v) is 5.89. The van der Waals surface area contributed by atoms with E-state index in [4.69, 9.17) is 22.6 Å². The van der Waals surface area contributed by atoms with E-state index in [-0.39, 0.29) is 10.1 Å². The largest absolute Gasteiger partial charge is 0.374 e. The fraction of sp³-hybridized carbons (Fsp3) is 0. The lowest BCUT2D eigenvalue weighted by molar-refractivity contribution is 0.102. The zero-order valence-corrected chi connectivity index (χ0v) is 10.4. The molecule has 0 aliphatic heterocycles. The molecule has 0 unspecified atom stereocenters. The number of amides is 1. The minimum Gasteiger partial charge on any atom is -0.374 e. The predicted octanol–water partition coefficient (Wildman–Crippen LogP) is 1.90. The molecule has 0 aliphatic carbocycles. The molecule has 18 heavy (non-hydrogen) atoms. The summed E-state index contributed by atoms with van der Waals surface area (Å²) in [5.41, 5.74) is 6.12. The van der Waals surface area contributed by atoms with Crippen LogP contribution in [0, 0.1) is 11.3 Å². The Balaban J connectivity index is 2.24. The summed E-state index contributed by atoms with van der Waals surface area (Å²) in [6.07, 6.45) is 0. The minimum atomic E-state index is -0.471. The van der Waals surface area contributed by atoms with E-state index < -0.39 is 5.91 Å². The van der Waals surface area contributed by atoms with Crippen LogP contribution >= 0.6 is 22.9 Å². The summed E-state index contributed by atoms with van der Waals surface area (Å²) in [5.74, 6) is -0.471. The van der Waals surface area contributed by atoms with Crippen LogP contribution in [0.25, 0.3) is 0 Å². The van der Waals surface area contributed by atoms with Crippen LogP contribution in [-0.4, -0.2) is 16.1 Å². The van der Waals surface area contributed by atoms with Gasteiger partial charge in [-0.2, -0.15) is 5.26 Å². The molecule has 0 aliphatic rings. The van der Waals surface area contributed by atoms with Gasteiger partial charge in [0.05, 0.1) is 22.3 Å². The molecule has 90 valence electrons. The third-order valence-corrected chi connectivity index (χ3v) is 3.06. The molecule has 2 aromatic rings. The van der Waals surface area contributed by atoms with Crippen molar-refractivity contribution in [2.24, 2.45) is 0 Å². The number of benzene rings is 1. The van der Waals surface area contributed by atoms with Gasteiger partial charge < -0.3 is 11.1 Å². The molecule has 1 aromatic heterocycles. The van der Waals surface area contributed by atoms with Crippen molar-refractivity contribution < 1.29 is 4.79 Å². The van der Waals surface area contributed by atoms with Crippen LogP contribution in [0.2, 0.25) is 5.02 Å². The Morgan fingerprint density at radius 2 is 2.28 bits per heavy atom. The Morgan fingerprint density at radius 3 is 2.89 bits per heavy atom. The van der Waals surface area contributed by atoms with Crippen LogP contribution in [0.3, 0.4) is 0 Å². The molecule has 3 N–H and O–H groups in total. The Morgan fingerprint density at radius 1 is 1.50 bits per heavy atom. The number of carbonyl (C=O) groups is 1. The second kappa shape index (κ2) is 5.00. The zero-order valence-electron chi connectivity index (χ0n) is 8.85. The number of nitrogens with two attached hydrogens (primary N) is 1. The van der Waals surface area contributed by atoms with Crippen molar-refractivity contribution in [2.45, 2.75) is 0 Å². The maximum atomic E-state index is 11.8. The van der Waals surface area contributed by atoms with E-state index in [2.05, 4.69) is 15.5 Å². The number of carbonyl (C=O) groups excluding carboxylic acids is 1. The van der Waals surface area contributed by atoms with Crippen molar-refractivity contribution in [3.8, 4) is 6.07 Å². The standard InChI is InChI=1S/C10H6ClN5OS/c11-6-2-1-5(4-12)3-7(6)14-8(17)9-15-16-10(13)18-9/h1-3H,(H2,13,16)(H,14,17). The first kappa shape index (κ1) is 12.3. The topological polar surface area (TPSA) is 105 Å². The number of hydrogen-bond acceptors (Lipinski definition) is 6. The van der Waals surface area contributed by atoms with Crippen molar-refractivity contribution >= 4 is 39.7 Å². The predicted molar refractivity (Wildman–Crippen MR) is 68.4 cm³/mol. The summed E-state index contributed by atoms with van der Waals surface area (Å²) in [6, 6.07) is 6.52. The van der Waals surface area contributed by atoms with Gasteiger partial charge in [-0.25, -0.2) is 0 Å². The van der Waals surface area contributed by atoms with Crippen LogP contribution in [0.1, 0.15) is 15.4 Å². The molecule has 1 heterocycles. The van der Waals surface area contributed by atoms with Gasteiger partial charge in [0.25, 0.3) is 5.91 Å². The third kappa shape index (κ3) is 2.56. The number of anilines is 2. The van der Waals surface area contributed by atoms with Gasteiger partial charge in [0.1, 0.15) is 0 Å². The number of hydrogen-bond donors (Lipinski definition) is 2. The number of aromatic nitrogens is 2. The maximum Gasteiger partial charge on any atom is 0.286 e. The van der Waals surface area contributed by atoms with Crippen molar-refractivity contribution in [3.05, 3.63) is 33.8 Å². The molecular weight excluding hydrogens is 274 g/mol. The van der Waals surface area contributed by atoms with Gasteiger partial charge in [0, 0.05) is 0 Å².